The Bertz CT molecular complexity index is 804. The number of ether oxygens (including phenoxy) is 1. The molecule has 0 unspecified atom stereocenters. The summed E-state index contributed by atoms with van der Waals surface area (Å²) in [5.74, 6) is 1.92. The van der Waals surface area contributed by atoms with Gasteiger partial charge in [0, 0.05) is 23.6 Å². The van der Waals surface area contributed by atoms with Crippen molar-refractivity contribution >= 4 is 23.2 Å². The van der Waals surface area contributed by atoms with Crippen LogP contribution in [0, 0.1) is 0 Å². The van der Waals surface area contributed by atoms with Crippen molar-refractivity contribution in [2.24, 2.45) is 0 Å². The molecule has 3 rings (SSSR count). The number of carbonyl (C=O) groups is 1. The van der Waals surface area contributed by atoms with Gasteiger partial charge in [0.05, 0.1) is 0 Å². The second-order valence-corrected chi connectivity index (χ2v) is 5.50. The van der Waals surface area contributed by atoms with E-state index in [1.807, 2.05) is 12.1 Å². The van der Waals surface area contributed by atoms with E-state index in [4.69, 9.17) is 16.3 Å². The Morgan fingerprint density at radius 2 is 2.00 bits per heavy atom. The minimum atomic E-state index is -0.0880. The summed E-state index contributed by atoms with van der Waals surface area (Å²) in [7, 11) is 0. The van der Waals surface area contributed by atoms with Crippen LogP contribution < -0.4 is 10.1 Å². The van der Waals surface area contributed by atoms with Crippen molar-refractivity contribution in [2.45, 2.75) is 12.8 Å². The standard InChI is InChI=1S/C17H15ClN4O2/c18-12-2-1-3-15(10-12)24-14-6-4-13(5-7-14)21-17(23)9-8-16-19-11-20-22-16/h1-7,10-11H,8-9H2,(H,21,23)(H,19,20,22). The fourth-order valence-corrected chi connectivity index (χ4v) is 2.26. The average molecular weight is 343 g/mol. The molecule has 0 aliphatic carbocycles. The molecule has 0 saturated heterocycles. The quantitative estimate of drug-likeness (QED) is 0.713. The van der Waals surface area contributed by atoms with Gasteiger partial charge < -0.3 is 10.1 Å². The van der Waals surface area contributed by atoms with Crippen LogP contribution in [-0.2, 0) is 11.2 Å². The van der Waals surface area contributed by atoms with E-state index in [-0.39, 0.29) is 5.91 Å². The highest BCUT2D eigenvalue weighted by Gasteiger charge is 2.05. The first-order valence-electron chi connectivity index (χ1n) is 7.36. The van der Waals surface area contributed by atoms with Gasteiger partial charge in [0.1, 0.15) is 23.7 Å². The van der Waals surface area contributed by atoms with Gasteiger partial charge in [-0.25, -0.2) is 4.98 Å². The lowest BCUT2D eigenvalue weighted by Gasteiger charge is -2.08. The van der Waals surface area contributed by atoms with Crippen LogP contribution in [0.3, 0.4) is 0 Å². The maximum atomic E-state index is 11.9. The molecule has 2 N–H and O–H groups in total. The number of hydrogen-bond donors (Lipinski definition) is 2. The molecule has 3 aromatic rings. The lowest BCUT2D eigenvalue weighted by molar-refractivity contribution is -0.116. The number of anilines is 1. The summed E-state index contributed by atoms with van der Waals surface area (Å²) in [6.07, 6.45) is 2.27. The second-order valence-electron chi connectivity index (χ2n) is 5.06. The Labute approximate surface area is 143 Å². The summed E-state index contributed by atoms with van der Waals surface area (Å²) in [6.45, 7) is 0. The highest BCUT2D eigenvalue weighted by molar-refractivity contribution is 6.30. The highest BCUT2D eigenvalue weighted by atomic mass is 35.5. The summed E-state index contributed by atoms with van der Waals surface area (Å²) in [6, 6.07) is 14.3. The molecule has 0 fully saturated rings. The third-order valence-electron chi connectivity index (χ3n) is 3.22. The normalized spacial score (nSPS) is 10.4. The first-order valence-corrected chi connectivity index (χ1v) is 7.74. The molecule has 0 aliphatic heterocycles. The largest absolute Gasteiger partial charge is 0.457 e. The molecule has 0 radical (unpaired) electrons. The van der Waals surface area contributed by atoms with Crippen LogP contribution in [-0.4, -0.2) is 21.1 Å². The lowest BCUT2D eigenvalue weighted by Crippen LogP contribution is -2.12. The van der Waals surface area contributed by atoms with E-state index >= 15 is 0 Å². The minimum absolute atomic E-state index is 0.0880. The number of nitrogens with one attached hydrogen (secondary N) is 2. The minimum Gasteiger partial charge on any atom is -0.457 e. The predicted molar refractivity (Wildman–Crippen MR) is 91.3 cm³/mol. The number of H-pyrrole nitrogens is 1. The zero-order valence-electron chi connectivity index (χ0n) is 12.7. The Hall–Kier alpha value is -2.86. The molecule has 1 heterocycles. The third kappa shape index (κ3) is 4.57. The van der Waals surface area contributed by atoms with E-state index in [1.165, 1.54) is 6.33 Å². The molecule has 0 spiro atoms. The number of hydrogen-bond acceptors (Lipinski definition) is 4. The molecule has 6 nitrogen and oxygen atoms in total. The summed E-state index contributed by atoms with van der Waals surface area (Å²) >= 11 is 5.92. The number of halogens is 1. The maximum Gasteiger partial charge on any atom is 0.224 e. The molecule has 2 aromatic carbocycles. The first-order chi connectivity index (χ1) is 11.7. The lowest BCUT2D eigenvalue weighted by atomic mass is 10.2. The molecule has 7 heteroatoms. The fourth-order valence-electron chi connectivity index (χ4n) is 2.08. The zero-order chi connectivity index (χ0) is 16.8. The SMILES string of the molecule is O=C(CCc1ncn[nH]1)Nc1ccc(Oc2cccc(Cl)c2)cc1. The van der Waals surface area contributed by atoms with E-state index in [0.717, 1.165) is 0 Å². The number of benzene rings is 2. The van der Waals surface area contributed by atoms with Crippen LogP contribution in [0.25, 0.3) is 0 Å². The van der Waals surface area contributed by atoms with Gasteiger partial charge in [-0.15, -0.1) is 0 Å². The molecule has 122 valence electrons. The number of aromatic amines is 1. The molecule has 1 aromatic heterocycles. The Morgan fingerprint density at radius 3 is 2.71 bits per heavy atom. The predicted octanol–water partition coefficient (Wildman–Crippen LogP) is 3.82. The van der Waals surface area contributed by atoms with Crippen LogP contribution in [0.2, 0.25) is 5.02 Å². The summed E-state index contributed by atoms with van der Waals surface area (Å²) in [5, 5.41) is 9.91. The van der Waals surface area contributed by atoms with Crippen LogP contribution in [0.1, 0.15) is 12.2 Å². The van der Waals surface area contributed by atoms with E-state index in [0.29, 0.717) is 40.9 Å². The number of nitrogens with zero attached hydrogens (tertiary/aromatic N) is 2. The van der Waals surface area contributed by atoms with Crippen molar-refractivity contribution in [2.75, 3.05) is 5.32 Å². The summed E-state index contributed by atoms with van der Waals surface area (Å²) < 4.78 is 5.70. The first kappa shape index (κ1) is 16.0. The number of rotatable bonds is 6. The topological polar surface area (TPSA) is 79.9 Å². The monoisotopic (exact) mass is 342 g/mol. The molecule has 24 heavy (non-hydrogen) atoms. The van der Waals surface area contributed by atoms with Gasteiger partial charge in [-0.2, -0.15) is 5.10 Å². The van der Waals surface area contributed by atoms with Gasteiger partial charge in [-0.05, 0) is 42.5 Å². The molecular formula is C17H15ClN4O2. The Kier molecular flexibility index (Phi) is 5.08. The molecule has 0 aliphatic rings. The van der Waals surface area contributed by atoms with E-state index in [9.17, 15) is 4.79 Å². The van der Waals surface area contributed by atoms with Crippen LogP contribution in [0.15, 0.2) is 54.9 Å². The molecule has 0 bridgehead atoms. The van der Waals surface area contributed by atoms with Crippen molar-refractivity contribution < 1.29 is 9.53 Å². The van der Waals surface area contributed by atoms with Gasteiger partial charge in [0.15, 0.2) is 0 Å². The molecule has 1 amide bonds. The summed E-state index contributed by atoms with van der Waals surface area (Å²) in [4.78, 5) is 15.9. The van der Waals surface area contributed by atoms with Gasteiger partial charge in [0.2, 0.25) is 5.91 Å². The second kappa shape index (κ2) is 7.61. The molecule has 0 atom stereocenters. The average Bonchev–Trinajstić information content (AvgIpc) is 3.08. The van der Waals surface area contributed by atoms with Gasteiger partial charge in [-0.3, -0.25) is 9.89 Å². The van der Waals surface area contributed by atoms with E-state index < -0.39 is 0 Å². The number of aryl methyl sites for hydroxylation is 1. The Balaban J connectivity index is 1.53. The van der Waals surface area contributed by atoms with Crippen LogP contribution >= 0.6 is 11.6 Å². The van der Waals surface area contributed by atoms with Crippen LogP contribution in [0.4, 0.5) is 5.69 Å². The smallest absolute Gasteiger partial charge is 0.224 e. The summed E-state index contributed by atoms with van der Waals surface area (Å²) in [5.41, 5.74) is 0.705. The van der Waals surface area contributed by atoms with Crippen molar-refractivity contribution in [1.82, 2.24) is 15.2 Å². The molecule has 0 saturated carbocycles. The number of amides is 1. The number of aromatic nitrogens is 3. The maximum absolute atomic E-state index is 11.9. The van der Waals surface area contributed by atoms with Gasteiger partial charge in [0.25, 0.3) is 0 Å². The van der Waals surface area contributed by atoms with E-state index in [2.05, 4.69) is 20.5 Å². The van der Waals surface area contributed by atoms with Gasteiger partial charge in [-0.1, -0.05) is 17.7 Å². The van der Waals surface area contributed by atoms with Crippen molar-refractivity contribution in [3.05, 3.63) is 65.7 Å². The third-order valence-corrected chi connectivity index (χ3v) is 3.46. The number of carbonyl (C=O) groups excluding carboxylic acids is 1. The fraction of sp³-hybridized carbons (Fsp3) is 0.118. The van der Waals surface area contributed by atoms with Crippen LogP contribution in [0.5, 0.6) is 11.5 Å². The zero-order valence-corrected chi connectivity index (χ0v) is 13.5. The van der Waals surface area contributed by atoms with Gasteiger partial charge >= 0.3 is 0 Å². The van der Waals surface area contributed by atoms with Crippen molar-refractivity contribution in [1.29, 1.82) is 0 Å². The highest BCUT2D eigenvalue weighted by Crippen LogP contribution is 2.25. The van der Waals surface area contributed by atoms with Crippen molar-refractivity contribution in [3.8, 4) is 11.5 Å². The molecular weight excluding hydrogens is 328 g/mol. The Morgan fingerprint density at radius 1 is 1.17 bits per heavy atom. The van der Waals surface area contributed by atoms with E-state index in [1.54, 1.807) is 36.4 Å². The van der Waals surface area contributed by atoms with Crippen molar-refractivity contribution in [3.63, 3.8) is 0 Å².